The first-order chi connectivity index (χ1) is 17.5. The summed E-state index contributed by atoms with van der Waals surface area (Å²) in [5, 5.41) is 0. The lowest BCUT2D eigenvalue weighted by atomic mass is 9.95. The average molecular weight is 479 g/mol. The van der Waals surface area contributed by atoms with Gasteiger partial charge in [0, 0.05) is 0 Å². The van der Waals surface area contributed by atoms with E-state index in [1.807, 2.05) is 24.3 Å². The second kappa shape index (κ2) is 10.2. The quantitative estimate of drug-likeness (QED) is 0.274. The van der Waals surface area contributed by atoms with E-state index in [0.29, 0.717) is 0 Å². The highest BCUT2D eigenvalue weighted by Gasteiger charge is 2.29. The molecule has 1 aliphatic carbocycles. The fourth-order valence-corrected chi connectivity index (χ4v) is 4.41. The predicted octanol–water partition coefficient (Wildman–Crippen LogP) is 10.00. The molecule has 0 amide bonds. The Balaban J connectivity index is 1.29. The zero-order valence-electron chi connectivity index (χ0n) is 19.7. The molecule has 0 bridgehead atoms. The average Bonchev–Trinajstić information content (AvgIpc) is 2.89. The number of allylic oxidation sites excluding steroid dienone is 6. The molecule has 0 saturated carbocycles. The van der Waals surface area contributed by atoms with Crippen LogP contribution in [0.3, 0.4) is 0 Å². The zero-order chi connectivity index (χ0) is 25.0. The molecule has 0 fully saturated rings. The summed E-state index contributed by atoms with van der Waals surface area (Å²) >= 11 is 0. The Bertz CT molecular complexity index is 1400. The van der Waals surface area contributed by atoms with Crippen molar-refractivity contribution >= 4 is 5.57 Å². The van der Waals surface area contributed by atoms with Gasteiger partial charge in [-0.05, 0) is 69.5 Å². The first kappa shape index (κ1) is 23.6. The van der Waals surface area contributed by atoms with Crippen LogP contribution in [0.15, 0.2) is 127 Å². The van der Waals surface area contributed by atoms with Crippen molar-refractivity contribution in [2.24, 2.45) is 0 Å². The second-order valence-corrected chi connectivity index (χ2v) is 8.85. The molecular weight excluding hydrogens is 453 g/mol. The standard InChI is InChI=1S/C33H25F3/c34-33(35,36)32-22-20-31(21-23-32)30-18-16-29(17-19-30)28-14-12-27(13-15-28)26-10-8-25(9-11-26)24-6-4-2-1-3-5-7-24/h1-4,6,8-23H,5,7H2/b3-1-,4-2-,24-6+. The van der Waals surface area contributed by atoms with Crippen LogP contribution in [0.25, 0.3) is 39.0 Å². The van der Waals surface area contributed by atoms with E-state index in [1.54, 1.807) is 0 Å². The molecule has 3 heteroatoms. The Hall–Kier alpha value is -4.11. The van der Waals surface area contributed by atoms with Crippen molar-refractivity contribution in [3.05, 3.63) is 139 Å². The maximum atomic E-state index is 12.8. The molecule has 0 unspecified atom stereocenters. The van der Waals surface area contributed by atoms with Gasteiger partial charge in [0.2, 0.25) is 0 Å². The molecule has 0 radical (unpaired) electrons. The van der Waals surface area contributed by atoms with Gasteiger partial charge >= 0.3 is 6.18 Å². The normalized spacial score (nSPS) is 16.9. The third-order valence-corrected chi connectivity index (χ3v) is 6.47. The summed E-state index contributed by atoms with van der Waals surface area (Å²) in [6, 6.07) is 30.3. The highest BCUT2D eigenvalue weighted by Crippen LogP contribution is 2.32. The van der Waals surface area contributed by atoms with E-state index in [2.05, 4.69) is 78.9 Å². The number of hydrogen-bond donors (Lipinski definition) is 0. The molecule has 4 aromatic rings. The van der Waals surface area contributed by atoms with Crippen LogP contribution in [0, 0.1) is 0 Å². The summed E-state index contributed by atoms with van der Waals surface area (Å²) in [5.41, 5.74) is 8.08. The van der Waals surface area contributed by atoms with Gasteiger partial charge in [-0.1, -0.05) is 115 Å². The van der Waals surface area contributed by atoms with Gasteiger partial charge in [-0.2, -0.15) is 13.2 Å². The minimum atomic E-state index is -4.32. The monoisotopic (exact) mass is 478 g/mol. The van der Waals surface area contributed by atoms with Crippen molar-refractivity contribution in [2.45, 2.75) is 19.0 Å². The van der Waals surface area contributed by atoms with E-state index >= 15 is 0 Å². The first-order valence-corrected chi connectivity index (χ1v) is 12.0. The smallest absolute Gasteiger partial charge is 0.166 e. The Morgan fingerprint density at radius 3 is 1.25 bits per heavy atom. The predicted molar refractivity (Wildman–Crippen MR) is 143 cm³/mol. The molecule has 0 saturated heterocycles. The van der Waals surface area contributed by atoms with Gasteiger partial charge in [0.25, 0.3) is 0 Å². The fourth-order valence-electron chi connectivity index (χ4n) is 4.41. The van der Waals surface area contributed by atoms with E-state index in [4.69, 9.17) is 0 Å². The largest absolute Gasteiger partial charge is 0.416 e. The topological polar surface area (TPSA) is 0 Å². The molecule has 36 heavy (non-hydrogen) atoms. The number of alkyl halides is 3. The van der Waals surface area contributed by atoms with Crippen molar-refractivity contribution in [1.29, 1.82) is 0 Å². The van der Waals surface area contributed by atoms with Gasteiger partial charge in [-0.3, -0.25) is 0 Å². The summed E-state index contributed by atoms with van der Waals surface area (Å²) in [6.45, 7) is 0. The summed E-state index contributed by atoms with van der Waals surface area (Å²) in [6.07, 6.45) is 8.39. The second-order valence-electron chi connectivity index (χ2n) is 8.85. The molecule has 4 aromatic carbocycles. The van der Waals surface area contributed by atoms with E-state index in [0.717, 1.165) is 52.8 Å². The van der Waals surface area contributed by atoms with E-state index in [1.165, 1.54) is 28.8 Å². The third-order valence-electron chi connectivity index (χ3n) is 6.47. The molecule has 0 aliphatic heterocycles. The highest BCUT2D eigenvalue weighted by molar-refractivity contribution is 5.75. The molecular formula is C33H25F3. The van der Waals surface area contributed by atoms with Gasteiger partial charge in [0.05, 0.1) is 5.56 Å². The van der Waals surface area contributed by atoms with Crippen LogP contribution in [0.2, 0.25) is 0 Å². The molecule has 0 N–H and O–H groups in total. The van der Waals surface area contributed by atoms with Crippen LogP contribution in [-0.2, 0) is 6.18 Å². The SMILES string of the molecule is FC(F)(F)c1ccc(-c2ccc(-c3ccc(-c4ccc(/C5=C/C=C\C=C/CC5)cc4)cc3)cc2)cc1. The molecule has 0 aromatic heterocycles. The molecule has 0 nitrogen and oxygen atoms in total. The van der Waals surface area contributed by atoms with Crippen molar-refractivity contribution in [2.75, 3.05) is 0 Å². The van der Waals surface area contributed by atoms with Crippen molar-refractivity contribution in [1.82, 2.24) is 0 Å². The fraction of sp³-hybridized carbons (Fsp3) is 0.0909. The maximum Gasteiger partial charge on any atom is 0.416 e. The van der Waals surface area contributed by atoms with Crippen LogP contribution in [0.4, 0.5) is 13.2 Å². The van der Waals surface area contributed by atoms with Crippen molar-refractivity contribution < 1.29 is 13.2 Å². The zero-order valence-corrected chi connectivity index (χ0v) is 19.7. The van der Waals surface area contributed by atoms with Crippen LogP contribution in [0.1, 0.15) is 24.0 Å². The molecule has 0 spiro atoms. The maximum absolute atomic E-state index is 12.8. The van der Waals surface area contributed by atoms with Crippen LogP contribution >= 0.6 is 0 Å². The number of rotatable bonds is 4. The molecule has 0 atom stereocenters. The van der Waals surface area contributed by atoms with Gasteiger partial charge in [-0.25, -0.2) is 0 Å². The number of hydrogen-bond acceptors (Lipinski definition) is 0. The Morgan fingerprint density at radius 2 is 0.833 bits per heavy atom. The highest BCUT2D eigenvalue weighted by atomic mass is 19.4. The van der Waals surface area contributed by atoms with Crippen molar-refractivity contribution in [3.8, 4) is 33.4 Å². The molecule has 178 valence electrons. The first-order valence-electron chi connectivity index (χ1n) is 12.0. The van der Waals surface area contributed by atoms with Gasteiger partial charge in [0.15, 0.2) is 0 Å². The van der Waals surface area contributed by atoms with E-state index in [9.17, 15) is 13.2 Å². The third kappa shape index (κ3) is 5.41. The Labute approximate surface area is 209 Å². The van der Waals surface area contributed by atoms with Crippen LogP contribution in [-0.4, -0.2) is 0 Å². The minimum absolute atomic E-state index is 0.635. The summed E-state index contributed by atoms with van der Waals surface area (Å²) in [5.74, 6) is 0. The lowest BCUT2D eigenvalue weighted by Crippen LogP contribution is -2.03. The van der Waals surface area contributed by atoms with Gasteiger partial charge in [0.1, 0.15) is 0 Å². The minimum Gasteiger partial charge on any atom is -0.166 e. The number of halogens is 3. The van der Waals surface area contributed by atoms with E-state index in [-0.39, 0.29) is 0 Å². The van der Waals surface area contributed by atoms with Crippen molar-refractivity contribution in [3.63, 3.8) is 0 Å². The molecule has 1 aliphatic rings. The Morgan fingerprint density at radius 1 is 0.444 bits per heavy atom. The number of benzene rings is 4. The van der Waals surface area contributed by atoms with E-state index < -0.39 is 11.7 Å². The lowest BCUT2D eigenvalue weighted by molar-refractivity contribution is -0.137. The van der Waals surface area contributed by atoms with Crippen LogP contribution in [0.5, 0.6) is 0 Å². The summed E-state index contributed by atoms with van der Waals surface area (Å²) in [7, 11) is 0. The molecule has 5 rings (SSSR count). The van der Waals surface area contributed by atoms with Gasteiger partial charge < -0.3 is 0 Å². The van der Waals surface area contributed by atoms with Gasteiger partial charge in [-0.15, -0.1) is 0 Å². The van der Waals surface area contributed by atoms with Crippen LogP contribution < -0.4 is 0 Å². The summed E-state index contributed by atoms with van der Waals surface area (Å²) in [4.78, 5) is 0. The Kier molecular flexibility index (Phi) is 6.73. The lowest BCUT2D eigenvalue weighted by Gasteiger charge is -2.10. The summed E-state index contributed by atoms with van der Waals surface area (Å²) < 4.78 is 38.4. The molecule has 0 heterocycles.